The van der Waals surface area contributed by atoms with Crippen LogP contribution in [0.3, 0.4) is 0 Å². The van der Waals surface area contributed by atoms with Crippen LogP contribution in [0.4, 0.5) is 0 Å². The van der Waals surface area contributed by atoms with Crippen molar-refractivity contribution in [3.05, 3.63) is 117 Å². The molecule has 0 aliphatic carbocycles. The molecule has 0 atom stereocenters. The zero-order valence-corrected chi connectivity index (χ0v) is 27.5. The Morgan fingerprint density at radius 3 is 1.93 bits per heavy atom. The molecule has 3 heterocycles. The Morgan fingerprint density at radius 2 is 1.43 bits per heavy atom. The highest BCUT2D eigenvalue weighted by atomic mass is 79.9. The van der Waals surface area contributed by atoms with Crippen molar-refractivity contribution in [1.82, 2.24) is 25.1 Å². The van der Waals surface area contributed by atoms with E-state index in [1.165, 1.54) is 11.1 Å². The second-order valence-electron chi connectivity index (χ2n) is 9.91. The molecule has 3 aromatic heterocycles. The van der Waals surface area contributed by atoms with E-state index in [2.05, 4.69) is 114 Å². The zero-order chi connectivity index (χ0) is 43.4. The number of halogens is 2. The predicted molar refractivity (Wildman–Crippen MR) is 199 cm³/mol. The van der Waals surface area contributed by atoms with Crippen LogP contribution >= 0.6 is 31.9 Å². The number of aromatic amines is 1. The summed E-state index contributed by atoms with van der Waals surface area (Å²) in [7, 11) is 0. The summed E-state index contributed by atoms with van der Waals surface area (Å²) < 4.78 is 61.7. The summed E-state index contributed by atoms with van der Waals surface area (Å²) in [5.41, 5.74) is 11.1. The van der Waals surface area contributed by atoms with Crippen molar-refractivity contribution in [3.8, 4) is 22.9 Å². The summed E-state index contributed by atoms with van der Waals surface area (Å²) in [5.74, 6) is 7.59. The Morgan fingerprint density at radius 1 is 0.886 bits per heavy atom. The second kappa shape index (κ2) is 17.8. The van der Waals surface area contributed by atoms with Crippen LogP contribution in [0.15, 0.2) is 99.2 Å². The van der Waals surface area contributed by atoms with Gasteiger partial charge in [0.15, 0.2) is 17.5 Å². The van der Waals surface area contributed by atoms with Gasteiger partial charge in [-0.15, -0.1) is 0 Å². The average molecular weight is 759 g/mol. The van der Waals surface area contributed by atoms with Gasteiger partial charge in [0.1, 0.15) is 17.7 Å². The van der Waals surface area contributed by atoms with Crippen LogP contribution in [-0.4, -0.2) is 37.3 Å². The number of nitrogens with two attached hydrogens (primary N) is 2. The monoisotopic (exact) mass is 756 g/mol. The summed E-state index contributed by atoms with van der Waals surface area (Å²) in [5, 5.41) is 10.5. The molecule has 0 saturated heterocycles. The third kappa shape index (κ3) is 10.2. The van der Waals surface area contributed by atoms with Crippen LogP contribution in [0, 0.1) is 0 Å². The van der Waals surface area contributed by atoms with Crippen LogP contribution < -0.4 is 11.6 Å². The minimum atomic E-state index is 0. The van der Waals surface area contributed by atoms with Crippen LogP contribution in [0.25, 0.3) is 22.9 Å². The number of carbonyl (C=O) groups excluding carboxylic acids is 1. The van der Waals surface area contributed by atoms with Crippen molar-refractivity contribution in [3.63, 3.8) is 0 Å². The summed E-state index contributed by atoms with van der Waals surface area (Å²) >= 11 is 6.73. The highest BCUT2D eigenvalue weighted by Gasteiger charge is 2.11. The molecule has 0 spiro atoms. The van der Waals surface area contributed by atoms with E-state index in [9.17, 15) is 4.79 Å². The molecule has 0 amide bonds. The first-order valence-corrected chi connectivity index (χ1v) is 15.1. The summed E-state index contributed by atoms with van der Waals surface area (Å²) in [6.45, 7) is 8.63. The van der Waals surface area contributed by atoms with Gasteiger partial charge in [0.25, 0.3) is 0 Å². The van der Waals surface area contributed by atoms with Gasteiger partial charge in [0.2, 0.25) is 0 Å². The van der Waals surface area contributed by atoms with Crippen LogP contribution in [0.2, 0.25) is 0 Å². The fourth-order valence-electron chi connectivity index (χ4n) is 3.67. The van der Waals surface area contributed by atoms with E-state index < -0.39 is 0 Å². The molecule has 0 fully saturated rings. The molecular weight excluding hydrogens is 684 g/mol. The SMILES string of the molecule is C.CC(C)c1ccc(-c2n[nH]c(-c3ncccc3Br)n2)cc1.CC(C)c1ccc(C=O)cc1.N/N=C(\N)c1ncccc1Br.[3H][3H].[3H][3H].[3H][3H].[3H][3H].[3H][3H].[3H][3H]. The standard InChI is InChI=1S/C16H15BrN4.C10H12O.C6H7BrN4.CH4.6H2/c1-10(2)11-5-7-12(8-6-11)15-19-16(21-20-15)14-13(17)4-3-9-18-14;1-8(2)10-5-3-9(7-11)4-6-10;7-4-2-1-3-10-5(4)6(8)11-9;;;;;;;/h3-10H,1-2H3,(H,19,20,21);3-8H,1-2H3;1-3H,9H2,(H2,8,11);1H4;6*1H/i;;;;6*1+2T. The van der Waals surface area contributed by atoms with Gasteiger partial charge in [-0.05, 0) is 79.1 Å². The van der Waals surface area contributed by atoms with Gasteiger partial charge in [-0.1, -0.05) is 83.7 Å². The number of nitrogens with zero attached hydrogens (tertiary/aromatic N) is 5. The second-order valence-corrected chi connectivity index (χ2v) is 11.6. The maximum atomic E-state index is 10.3. The lowest BCUT2D eigenvalue weighted by Crippen LogP contribution is -2.17. The first-order chi connectivity index (χ1) is 26.6. The predicted octanol–water partition coefficient (Wildman–Crippen LogP) is 9.58. The number of hydrazone groups is 1. The Bertz CT molecular complexity index is 1670. The quantitative estimate of drug-likeness (QED) is 0.0513. The number of nitrogens with one attached hydrogen (secondary N) is 1. The van der Waals surface area contributed by atoms with E-state index in [-0.39, 0.29) is 13.3 Å². The largest absolute Gasteiger partial charge is 0.380 e. The normalized spacial score (nSPS) is 11.8. The maximum absolute atomic E-state index is 10.3. The first-order valence-electron chi connectivity index (χ1n) is 19.5. The van der Waals surface area contributed by atoms with Gasteiger partial charge >= 0.3 is 0 Å². The number of amidine groups is 1. The molecule has 0 unspecified atom stereocenters. The van der Waals surface area contributed by atoms with Crippen LogP contribution in [-0.2, 0) is 0 Å². The van der Waals surface area contributed by atoms with E-state index in [0.717, 1.165) is 32.1 Å². The molecule has 44 heavy (non-hydrogen) atoms. The smallest absolute Gasteiger partial charge is 0.181 e. The number of pyridine rings is 2. The number of aromatic nitrogens is 5. The summed E-state index contributed by atoms with van der Waals surface area (Å²) in [4.78, 5) is 23.1. The molecule has 242 valence electrons. The van der Waals surface area contributed by atoms with Gasteiger partial charge in [0.05, 0.1) is 0 Å². The van der Waals surface area contributed by atoms with E-state index in [4.69, 9.17) is 29.4 Å². The number of carbonyl (C=O) groups is 1. The Balaban J connectivity index is -0.000000214. The third-order valence-electron chi connectivity index (χ3n) is 6.18. The fourth-order valence-corrected chi connectivity index (χ4v) is 4.57. The number of hydrogen-bond acceptors (Lipinski definition) is 7. The van der Waals surface area contributed by atoms with Crippen LogP contribution in [0.5, 0.6) is 0 Å². The topological polar surface area (TPSA) is 149 Å². The molecule has 5 N–H and O–H groups in total. The molecule has 0 aliphatic rings. The molecule has 5 rings (SSSR count). The lowest BCUT2D eigenvalue weighted by atomic mass is 10.0. The molecule has 2 aromatic carbocycles. The summed E-state index contributed by atoms with van der Waals surface area (Å²) in [6, 6.07) is 23.4. The summed E-state index contributed by atoms with van der Waals surface area (Å²) in [6.07, 6.45) is 4.22. The first kappa shape index (κ1) is 27.3. The van der Waals surface area contributed by atoms with Crippen molar-refractivity contribution < 1.29 is 22.6 Å². The average Bonchev–Trinajstić information content (AvgIpc) is 3.76. The Kier molecular flexibility index (Phi) is 11.1. The molecular formula is C33H50Br2N8O. The molecule has 11 heteroatoms. The van der Waals surface area contributed by atoms with Gasteiger partial charge < -0.3 is 11.6 Å². The molecule has 9 nitrogen and oxygen atoms in total. The van der Waals surface area contributed by atoms with Crippen molar-refractivity contribution in [2.75, 3.05) is 0 Å². The van der Waals surface area contributed by atoms with E-state index in [0.29, 0.717) is 29.2 Å². The third-order valence-corrected chi connectivity index (χ3v) is 7.46. The minimum Gasteiger partial charge on any atom is -0.380 e. The van der Waals surface area contributed by atoms with Gasteiger partial charge in [-0.25, -0.2) is 4.98 Å². The number of H-pyrrole nitrogens is 1. The number of benzene rings is 2. The maximum Gasteiger partial charge on any atom is 0.181 e. The Labute approximate surface area is 294 Å². The molecule has 0 aliphatic heterocycles. The van der Waals surface area contributed by atoms with Gasteiger partial charge in [0, 0.05) is 50.3 Å². The number of rotatable bonds is 6. The van der Waals surface area contributed by atoms with Crippen molar-refractivity contribution >= 4 is 44.0 Å². The highest BCUT2D eigenvalue weighted by Crippen LogP contribution is 2.25. The zero-order valence-electron chi connectivity index (χ0n) is 36.4. The van der Waals surface area contributed by atoms with Gasteiger partial charge in [-0.2, -0.15) is 10.2 Å². The van der Waals surface area contributed by atoms with Crippen molar-refractivity contribution in [2.45, 2.75) is 47.0 Å². The van der Waals surface area contributed by atoms with Crippen molar-refractivity contribution in [2.24, 2.45) is 16.7 Å². The Hall–Kier alpha value is -4.22. The van der Waals surface area contributed by atoms with Gasteiger partial charge in [-0.3, -0.25) is 19.9 Å². The lowest BCUT2D eigenvalue weighted by molar-refractivity contribution is 0.112. The molecule has 5 aromatic rings. The molecule has 0 radical (unpaired) electrons. The number of aldehydes is 1. The molecule has 0 saturated carbocycles. The molecule has 0 bridgehead atoms. The lowest BCUT2D eigenvalue weighted by Gasteiger charge is -2.04. The highest BCUT2D eigenvalue weighted by molar-refractivity contribution is 9.10. The van der Waals surface area contributed by atoms with E-state index in [1.54, 1.807) is 18.5 Å². The number of hydrogen-bond donors (Lipinski definition) is 3. The van der Waals surface area contributed by atoms with Crippen LogP contribution in [0.1, 0.15) is 92.0 Å². The van der Waals surface area contributed by atoms with E-state index >= 15 is 0 Å². The van der Waals surface area contributed by atoms with E-state index in [1.807, 2.05) is 42.5 Å². The minimum absolute atomic E-state index is 0. The van der Waals surface area contributed by atoms with Crippen molar-refractivity contribution in [1.29, 1.82) is 0 Å². The fraction of sp³-hybridized carbons (Fsp3) is 0.212.